The summed E-state index contributed by atoms with van der Waals surface area (Å²) < 4.78 is 5.69. The molecule has 8 nitrogen and oxygen atoms in total. The largest absolute Gasteiger partial charge is 0.496 e. The molecule has 5 rings (SSSR count). The van der Waals surface area contributed by atoms with Crippen LogP contribution in [0.25, 0.3) is 33.4 Å². The second kappa shape index (κ2) is 8.20. The number of nitrogens with two attached hydrogens (primary N) is 1. The molecule has 0 unspecified atom stereocenters. The van der Waals surface area contributed by atoms with Crippen molar-refractivity contribution in [1.29, 1.82) is 0 Å². The van der Waals surface area contributed by atoms with Gasteiger partial charge in [0.15, 0.2) is 5.69 Å². The normalized spacial score (nSPS) is 14.3. The standard InChI is InChI=1S/C25H26N6O2/c1-13-12-27-25(28-13)17-7-8-18(21(11-17)33-3)16-6-9-19-20(10-16)30-31-23(24(26)32)22(19)29-14(2)15-4-5-15/h6-12,14-15H,4-5H2,1-3H3,(H2,26,32)(H,27,28)(H,29,30)/t14-/m1/s1. The summed E-state index contributed by atoms with van der Waals surface area (Å²) in [6.45, 7) is 4.09. The van der Waals surface area contributed by atoms with Gasteiger partial charge < -0.3 is 20.8 Å². The SMILES string of the molecule is COc1cc(-c2ncc(C)[nH]2)ccc1-c1ccc2c(N[C@H](C)C3CC3)c(C(N)=O)nnc2c1. The molecule has 1 fully saturated rings. The molecule has 8 heteroatoms. The summed E-state index contributed by atoms with van der Waals surface area (Å²) in [5.41, 5.74) is 10.9. The molecule has 2 heterocycles. The number of imidazole rings is 1. The molecular weight excluding hydrogens is 416 g/mol. The highest BCUT2D eigenvalue weighted by Crippen LogP contribution is 2.38. The third-order valence-electron chi connectivity index (χ3n) is 6.18. The van der Waals surface area contributed by atoms with Gasteiger partial charge in [-0.15, -0.1) is 10.2 Å². The first-order chi connectivity index (χ1) is 15.9. The van der Waals surface area contributed by atoms with E-state index in [0.29, 0.717) is 17.1 Å². The predicted octanol–water partition coefficient (Wildman–Crippen LogP) is 4.31. The van der Waals surface area contributed by atoms with Crippen LogP contribution in [0, 0.1) is 12.8 Å². The fourth-order valence-electron chi connectivity index (χ4n) is 4.17. The molecule has 1 amide bonds. The predicted molar refractivity (Wildman–Crippen MR) is 128 cm³/mol. The van der Waals surface area contributed by atoms with E-state index in [2.05, 4.69) is 32.4 Å². The van der Waals surface area contributed by atoms with Crippen LogP contribution in [0.3, 0.4) is 0 Å². The lowest BCUT2D eigenvalue weighted by molar-refractivity contribution is 0.0995. The van der Waals surface area contributed by atoms with Gasteiger partial charge >= 0.3 is 0 Å². The monoisotopic (exact) mass is 442 g/mol. The van der Waals surface area contributed by atoms with Crippen LogP contribution in [-0.4, -0.2) is 39.2 Å². The third-order valence-corrected chi connectivity index (χ3v) is 6.18. The summed E-state index contributed by atoms with van der Waals surface area (Å²) in [4.78, 5) is 19.7. The van der Waals surface area contributed by atoms with Crippen molar-refractivity contribution in [1.82, 2.24) is 20.2 Å². The molecule has 33 heavy (non-hydrogen) atoms. The van der Waals surface area contributed by atoms with Gasteiger partial charge in [0.05, 0.1) is 18.3 Å². The minimum absolute atomic E-state index is 0.165. The number of rotatable bonds is 7. The zero-order valence-corrected chi connectivity index (χ0v) is 18.8. The summed E-state index contributed by atoms with van der Waals surface area (Å²) in [7, 11) is 1.65. The van der Waals surface area contributed by atoms with Gasteiger partial charge in [0.1, 0.15) is 11.6 Å². The summed E-state index contributed by atoms with van der Waals surface area (Å²) in [6, 6.07) is 12.1. The first kappa shape index (κ1) is 20.9. The molecule has 168 valence electrons. The van der Waals surface area contributed by atoms with E-state index in [9.17, 15) is 4.79 Å². The van der Waals surface area contributed by atoms with E-state index >= 15 is 0 Å². The number of amides is 1. The van der Waals surface area contributed by atoms with E-state index in [0.717, 1.165) is 39.3 Å². The minimum atomic E-state index is -0.593. The number of anilines is 1. The fourth-order valence-corrected chi connectivity index (χ4v) is 4.17. The number of nitrogens with zero attached hydrogens (tertiary/aromatic N) is 3. The Morgan fingerprint density at radius 3 is 2.64 bits per heavy atom. The van der Waals surface area contributed by atoms with Crippen molar-refractivity contribution in [3.05, 3.63) is 54.0 Å². The average Bonchev–Trinajstić information content (AvgIpc) is 3.58. The average molecular weight is 443 g/mol. The molecule has 2 aromatic heterocycles. The summed E-state index contributed by atoms with van der Waals surface area (Å²) in [6.07, 6.45) is 4.18. The molecule has 4 aromatic rings. The van der Waals surface area contributed by atoms with Gasteiger partial charge in [-0.2, -0.15) is 0 Å². The first-order valence-electron chi connectivity index (χ1n) is 11.0. The van der Waals surface area contributed by atoms with E-state index < -0.39 is 5.91 Å². The molecule has 0 saturated heterocycles. The van der Waals surface area contributed by atoms with E-state index in [1.165, 1.54) is 12.8 Å². The number of carbonyl (C=O) groups is 1. The second-order valence-corrected chi connectivity index (χ2v) is 8.62. The fraction of sp³-hybridized carbons (Fsp3) is 0.280. The van der Waals surface area contributed by atoms with Crippen LogP contribution in [0.5, 0.6) is 5.75 Å². The molecule has 1 saturated carbocycles. The van der Waals surface area contributed by atoms with Crippen LogP contribution in [0.1, 0.15) is 35.9 Å². The topological polar surface area (TPSA) is 119 Å². The highest BCUT2D eigenvalue weighted by Gasteiger charge is 2.29. The molecule has 4 N–H and O–H groups in total. The quantitative estimate of drug-likeness (QED) is 0.392. The molecule has 1 aliphatic carbocycles. The Hall–Kier alpha value is -3.94. The Morgan fingerprint density at radius 2 is 1.97 bits per heavy atom. The Labute approximate surface area is 191 Å². The van der Waals surface area contributed by atoms with E-state index in [1.54, 1.807) is 13.3 Å². The van der Waals surface area contributed by atoms with Crippen LogP contribution >= 0.6 is 0 Å². The number of aromatic nitrogens is 4. The number of hydrogen-bond acceptors (Lipinski definition) is 6. The first-order valence-corrected chi connectivity index (χ1v) is 11.0. The van der Waals surface area contributed by atoms with Crippen molar-refractivity contribution in [3.63, 3.8) is 0 Å². The zero-order chi connectivity index (χ0) is 23.1. The molecular formula is C25H26N6O2. The maximum Gasteiger partial charge on any atom is 0.271 e. The van der Waals surface area contributed by atoms with Gasteiger partial charge in [0.25, 0.3) is 5.91 Å². The van der Waals surface area contributed by atoms with Gasteiger partial charge in [0.2, 0.25) is 0 Å². The number of fused-ring (bicyclic) bond motifs is 1. The number of benzene rings is 2. The minimum Gasteiger partial charge on any atom is -0.496 e. The molecule has 0 bridgehead atoms. The van der Waals surface area contributed by atoms with E-state index in [4.69, 9.17) is 10.5 Å². The highest BCUT2D eigenvalue weighted by molar-refractivity contribution is 6.05. The Morgan fingerprint density at radius 1 is 1.18 bits per heavy atom. The van der Waals surface area contributed by atoms with Crippen molar-refractivity contribution < 1.29 is 9.53 Å². The van der Waals surface area contributed by atoms with Crippen LogP contribution in [0.4, 0.5) is 5.69 Å². The Kier molecular flexibility index (Phi) is 5.20. The van der Waals surface area contributed by atoms with Crippen LogP contribution in [-0.2, 0) is 0 Å². The number of H-pyrrole nitrogens is 1. The lowest BCUT2D eigenvalue weighted by atomic mass is 10.00. The van der Waals surface area contributed by atoms with Gasteiger partial charge in [-0.1, -0.05) is 12.1 Å². The van der Waals surface area contributed by atoms with Gasteiger partial charge in [-0.05, 0) is 62.4 Å². The van der Waals surface area contributed by atoms with Crippen molar-refractivity contribution in [3.8, 4) is 28.3 Å². The molecule has 1 atom stereocenters. The Bertz CT molecular complexity index is 1360. The summed E-state index contributed by atoms with van der Waals surface area (Å²) >= 11 is 0. The zero-order valence-electron chi connectivity index (χ0n) is 18.8. The number of methoxy groups -OCH3 is 1. The lowest BCUT2D eigenvalue weighted by Gasteiger charge is -2.18. The number of carbonyl (C=O) groups excluding carboxylic acids is 1. The number of hydrogen-bond donors (Lipinski definition) is 3. The van der Waals surface area contributed by atoms with Crippen molar-refractivity contribution in [2.45, 2.75) is 32.7 Å². The maximum absolute atomic E-state index is 12.0. The molecule has 0 spiro atoms. The molecule has 0 aliphatic heterocycles. The molecule has 2 aromatic carbocycles. The summed E-state index contributed by atoms with van der Waals surface area (Å²) in [5.74, 6) is 1.53. The number of nitrogens with one attached hydrogen (secondary N) is 2. The van der Waals surface area contributed by atoms with Crippen molar-refractivity contribution in [2.24, 2.45) is 11.7 Å². The van der Waals surface area contributed by atoms with Gasteiger partial charge in [-0.25, -0.2) is 4.98 Å². The number of primary amides is 1. The molecule has 0 radical (unpaired) electrons. The summed E-state index contributed by atoms with van der Waals surface area (Å²) in [5, 5.41) is 12.7. The highest BCUT2D eigenvalue weighted by atomic mass is 16.5. The maximum atomic E-state index is 12.0. The van der Waals surface area contributed by atoms with Crippen molar-refractivity contribution >= 4 is 22.5 Å². The van der Waals surface area contributed by atoms with Gasteiger partial charge in [0, 0.05) is 34.4 Å². The van der Waals surface area contributed by atoms with E-state index in [-0.39, 0.29) is 11.7 Å². The van der Waals surface area contributed by atoms with Crippen LogP contribution < -0.4 is 15.8 Å². The van der Waals surface area contributed by atoms with Gasteiger partial charge in [-0.3, -0.25) is 4.79 Å². The van der Waals surface area contributed by atoms with E-state index in [1.807, 2.05) is 43.3 Å². The molecule has 1 aliphatic rings. The van der Waals surface area contributed by atoms with Crippen molar-refractivity contribution in [2.75, 3.05) is 12.4 Å². The number of aromatic amines is 1. The Balaban J connectivity index is 1.57. The third kappa shape index (κ3) is 4.00. The second-order valence-electron chi connectivity index (χ2n) is 8.62. The number of aryl methyl sites for hydroxylation is 1. The van der Waals surface area contributed by atoms with Crippen LogP contribution in [0.15, 0.2) is 42.6 Å². The lowest BCUT2D eigenvalue weighted by Crippen LogP contribution is -2.23. The smallest absolute Gasteiger partial charge is 0.271 e. The van der Waals surface area contributed by atoms with Crippen LogP contribution in [0.2, 0.25) is 0 Å². The number of ether oxygens (including phenoxy) is 1.